The van der Waals surface area contributed by atoms with E-state index in [1.165, 1.54) is 16.0 Å². The Hall–Kier alpha value is -1.76. The summed E-state index contributed by atoms with van der Waals surface area (Å²) >= 11 is 0. The second-order valence-corrected chi connectivity index (χ2v) is 7.75. The van der Waals surface area contributed by atoms with E-state index in [9.17, 15) is 18.0 Å². The number of benzene rings is 1. The summed E-state index contributed by atoms with van der Waals surface area (Å²) < 4.78 is 38.8. The Bertz CT molecular complexity index is 642. The fraction of sp³-hybridized carbons (Fsp3) is 0.650. The molecule has 0 aliphatic carbocycles. The van der Waals surface area contributed by atoms with Crippen molar-refractivity contribution in [2.75, 3.05) is 26.2 Å². The number of aryl methyl sites for hydroxylation is 1. The van der Waals surface area contributed by atoms with Crippen LogP contribution in [0.4, 0.5) is 18.0 Å². The van der Waals surface area contributed by atoms with Gasteiger partial charge in [-0.2, -0.15) is 13.2 Å². The smallest absolute Gasteiger partial charge is 0.335 e. The Morgan fingerprint density at radius 3 is 2.52 bits per heavy atom. The first-order chi connectivity index (χ1) is 12.8. The van der Waals surface area contributed by atoms with Crippen LogP contribution in [0, 0.1) is 12.8 Å². The molecule has 1 aromatic carbocycles. The Kier molecular flexibility index (Phi) is 6.29. The number of alkyl halides is 3. The SMILES string of the molecule is Cc1ccccc1CN1CCC(NC(=O)N2CCCC(C(F)(F)F)C2)CC1. The normalized spacial score (nSPS) is 22.7. The van der Waals surface area contributed by atoms with E-state index >= 15 is 0 Å². The van der Waals surface area contributed by atoms with Gasteiger partial charge in [0, 0.05) is 38.8 Å². The number of rotatable bonds is 3. The lowest BCUT2D eigenvalue weighted by molar-refractivity contribution is -0.184. The lowest BCUT2D eigenvalue weighted by Crippen LogP contribution is -2.52. The standard InChI is InChI=1S/C20H28F3N3O/c1-15-5-2-3-6-16(15)13-25-11-8-18(9-12-25)24-19(27)26-10-4-7-17(14-26)20(21,22)23/h2-3,5-6,17-18H,4,7-14H2,1H3,(H,24,27). The monoisotopic (exact) mass is 383 g/mol. The second kappa shape index (κ2) is 8.50. The molecule has 0 spiro atoms. The van der Waals surface area contributed by atoms with E-state index < -0.39 is 12.1 Å². The molecule has 2 amide bonds. The first-order valence-corrected chi connectivity index (χ1v) is 9.72. The number of nitrogens with zero attached hydrogens (tertiary/aromatic N) is 2. The molecule has 2 aliphatic heterocycles. The van der Waals surface area contributed by atoms with Gasteiger partial charge in [0.25, 0.3) is 0 Å². The lowest BCUT2D eigenvalue weighted by atomic mass is 9.97. The lowest BCUT2D eigenvalue weighted by Gasteiger charge is -2.37. The molecule has 0 radical (unpaired) electrons. The Labute approximate surface area is 158 Å². The van der Waals surface area contributed by atoms with Crippen molar-refractivity contribution < 1.29 is 18.0 Å². The Morgan fingerprint density at radius 2 is 1.85 bits per heavy atom. The molecule has 1 N–H and O–H groups in total. The molecule has 2 heterocycles. The highest BCUT2D eigenvalue weighted by Gasteiger charge is 2.42. The maximum Gasteiger partial charge on any atom is 0.393 e. The number of amides is 2. The van der Waals surface area contributed by atoms with E-state index in [-0.39, 0.29) is 25.0 Å². The summed E-state index contributed by atoms with van der Waals surface area (Å²) in [7, 11) is 0. The van der Waals surface area contributed by atoms with E-state index in [1.807, 2.05) is 12.1 Å². The van der Waals surface area contributed by atoms with Gasteiger partial charge in [-0.25, -0.2) is 4.79 Å². The summed E-state index contributed by atoms with van der Waals surface area (Å²) in [6.07, 6.45) is -2.04. The summed E-state index contributed by atoms with van der Waals surface area (Å²) in [5.74, 6) is -1.40. The first kappa shape index (κ1) is 20.0. The van der Waals surface area contributed by atoms with Gasteiger partial charge in [-0.15, -0.1) is 0 Å². The zero-order chi connectivity index (χ0) is 19.4. The van der Waals surface area contributed by atoms with Crippen molar-refractivity contribution in [2.24, 2.45) is 5.92 Å². The molecule has 2 saturated heterocycles. The average molecular weight is 383 g/mol. The third-order valence-electron chi connectivity index (χ3n) is 5.74. The fourth-order valence-corrected chi connectivity index (χ4v) is 3.96. The highest BCUT2D eigenvalue weighted by Crippen LogP contribution is 2.33. The topological polar surface area (TPSA) is 35.6 Å². The second-order valence-electron chi connectivity index (χ2n) is 7.75. The van der Waals surface area contributed by atoms with Gasteiger partial charge in [-0.05, 0) is 43.7 Å². The van der Waals surface area contributed by atoms with Crippen LogP contribution < -0.4 is 5.32 Å². The Morgan fingerprint density at radius 1 is 1.15 bits per heavy atom. The number of piperidine rings is 2. The van der Waals surface area contributed by atoms with Gasteiger partial charge in [-0.1, -0.05) is 24.3 Å². The van der Waals surface area contributed by atoms with Crippen LogP contribution in [0.2, 0.25) is 0 Å². The Balaban J connectivity index is 1.45. The van der Waals surface area contributed by atoms with Crippen LogP contribution in [0.25, 0.3) is 0 Å². The maximum atomic E-state index is 12.9. The summed E-state index contributed by atoms with van der Waals surface area (Å²) in [6, 6.07) is 8.01. The van der Waals surface area contributed by atoms with Crippen molar-refractivity contribution in [2.45, 2.75) is 51.4 Å². The molecular formula is C20H28F3N3O. The molecule has 3 rings (SSSR count). The number of nitrogens with one attached hydrogen (secondary N) is 1. The zero-order valence-electron chi connectivity index (χ0n) is 15.8. The van der Waals surface area contributed by atoms with Gasteiger partial charge >= 0.3 is 12.2 Å². The summed E-state index contributed by atoms with van der Waals surface area (Å²) in [5.41, 5.74) is 2.59. The number of likely N-dealkylation sites (tertiary alicyclic amines) is 2. The maximum absolute atomic E-state index is 12.9. The fourth-order valence-electron chi connectivity index (χ4n) is 3.96. The summed E-state index contributed by atoms with van der Waals surface area (Å²) in [4.78, 5) is 16.1. The predicted molar refractivity (Wildman–Crippen MR) is 98.4 cm³/mol. The molecular weight excluding hydrogens is 355 g/mol. The molecule has 1 aromatic rings. The van der Waals surface area contributed by atoms with Gasteiger partial charge in [0.2, 0.25) is 0 Å². The largest absolute Gasteiger partial charge is 0.393 e. The molecule has 2 fully saturated rings. The number of halogens is 3. The van der Waals surface area contributed by atoms with Crippen molar-refractivity contribution in [3.05, 3.63) is 35.4 Å². The first-order valence-electron chi connectivity index (χ1n) is 9.72. The number of carbonyl (C=O) groups is 1. The van der Waals surface area contributed by atoms with Crippen LogP contribution in [-0.4, -0.2) is 54.2 Å². The minimum absolute atomic E-state index is 0.0388. The van der Waals surface area contributed by atoms with Crippen molar-refractivity contribution in [1.29, 1.82) is 0 Å². The van der Waals surface area contributed by atoms with Gasteiger partial charge in [0.05, 0.1) is 5.92 Å². The third-order valence-corrected chi connectivity index (χ3v) is 5.74. The number of hydrogen-bond donors (Lipinski definition) is 1. The van der Waals surface area contributed by atoms with Crippen LogP contribution in [0.3, 0.4) is 0 Å². The predicted octanol–water partition coefficient (Wildman–Crippen LogP) is 3.94. The summed E-state index contributed by atoms with van der Waals surface area (Å²) in [5, 5.41) is 2.95. The van der Waals surface area contributed by atoms with Crippen LogP contribution in [0.1, 0.15) is 36.8 Å². The van der Waals surface area contributed by atoms with Gasteiger partial charge < -0.3 is 10.2 Å². The molecule has 1 unspecified atom stereocenters. The van der Waals surface area contributed by atoms with Crippen LogP contribution in [0.5, 0.6) is 0 Å². The van der Waals surface area contributed by atoms with Crippen LogP contribution >= 0.6 is 0 Å². The van der Waals surface area contributed by atoms with E-state index in [2.05, 4.69) is 29.3 Å². The molecule has 1 atom stereocenters. The minimum Gasteiger partial charge on any atom is -0.335 e. The zero-order valence-corrected chi connectivity index (χ0v) is 15.8. The van der Waals surface area contributed by atoms with E-state index in [0.29, 0.717) is 13.0 Å². The average Bonchev–Trinajstić information content (AvgIpc) is 2.64. The number of urea groups is 1. The molecule has 0 aromatic heterocycles. The molecule has 4 nitrogen and oxygen atoms in total. The van der Waals surface area contributed by atoms with Crippen molar-refractivity contribution in [1.82, 2.24) is 15.1 Å². The number of carbonyl (C=O) groups excluding carboxylic acids is 1. The molecule has 27 heavy (non-hydrogen) atoms. The van der Waals surface area contributed by atoms with Crippen molar-refractivity contribution >= 4 is 6.03 Å². The summed E-state index contributed by atoms with van der Waals surface area (Å²) in [6.45, 7) is 4.95. The van der Waals surface area contributed by atoms with Crippen LogP contribution in [0.15, 0.2) is 24.3 Å². The third kappa shape index (κ3) is 5.37. The van der Waals surface area contributed by atoms with Gasteiger partial charge in [0.15, 0.2) is 0 Å². The quantitative estimate of drug-likeness (QED) is 0.858. The van der Waals surface area contributed by atoms with Gasteiger partial charge in [-0.3, -0.25) is 4.90 Å². The molecule has 7 heteroatoms. The number of hydrogen-bond acceptors (Lipinski definition) is 2. The van der Waals surface area contributed by atoms with E-state index in [4.69, 9.17) is 0 Å². The molecule has 2 aliphatic rings. The van der Waals surface area contributed by atoms with Gasteiger partial charge in [0.1, 0.15) is 0 Å². The highest BCUT2D eigenvalue weighted by atomic mass is 19.4. The van der Waals surface area contributed by atoms with Crippen molar-refractivity contribution in [3.63, 3.8) is 0 Å². The highest BCUT2D eigenvalue weighted by molar-refractivity contribution is 5.74. The molecule has 150 valence electrons. The van der Waals surface area contributed by atoms with Crippen LogP contribution in [-0.2, 0) is 6.54 Å². The minimum atomic E-state index is -4.22. The van der Waals surface area contributed by atoms with E-state index in [0.717, 1.165) is 32.5 Å². The van der Waals surface area contributed by atoms with Crippen molar-refractivity contribution in [3.8, 4) is 0 Å². The van der Waals surface area contributed by atoms with E-state index in [1.54, 1.807) is 0 Å². The molecule has 0 saturated carbocycles. The molecule has 0 bridgehead atoms.